The van der Waals surface area contributed by atoms with Gasteiger partial charge in [-0.3, -0.25) is 9.59 Å². The number of unbranched alkanes of at least 4 members (excludes halogenated alkanes) is 6. The number of hydrogen-bond acceptors (Lipinski definition) is 7. The molecule has 0 bridgehead atoms. The Morgan fingerprint density at radius 1 is 1.04 bits per heavy atom. The van der Waals surface area contributed by atoms with Crippen molar-refractivity contribution >= 4 is 41.3 Å². The highest BCUT2D eigenvalue weighted by molar-refractivity contribution is 8.00. The molecule has 3 amide bonds. The molecule has 1 saturated carbocycles. The molecule has 0 radical (unpaired) electrons. The van der Waals surface area contributed by atoms with E-state index >= 15 is 0 Å². The summed E-state index contributed by atoms with van der Waals surface area (Å²) in [5, 5.41) is 20.9. The predicted octanol–water partition coefficient (Wildman–Crippen LogP) is 8.48. The van der Waals surface area contributed by atoms with Crippen molar-refractivity contribution in [2.45, 2.75) is 165 Å². The van der Waals surface area contributed by atoms with Gasteiger partial charge in [-0.05, 0) is 107 Å². The van der Waals surface area contributed by atoms with Crippen molar-refractivity contribution in [2.75, 3.05) is 24.8 Å². The Kier molecular flexibility index (Phi) is 14.8. The maximum absolute atomic E-state index is 12.7. The average molecular weight is 762 g/mol. The first-order valence-electron chi connectivity index (χ1n) is 20.1. The summed E-state index contributed by atoms with van der Waals surface area (Å²) in [5.41, 5.74) is 1.61. The molecular formula is C41H64ClN3O6S. The number of alkyl halides is 1. The van der Waals surface area contributed by atoms with E-state index in [2.05, 4.69) is 49.7 Å². The lowest BCUT2D eigenvalue weighted by atomic mass is 9.63. The van der Waals surface area contributed by atoms with Crippen molar-refractivity contribution in [3.05, 3.63) is 23.3 Å². The largest absolute Gasteiger partial charge is 0.508 e. The molecule has 3 heterocycles. The van der Waals surface area contributed by atoms with Crippen LogP contribution in [0.3, 0.4) is 0 Å². The summed E-state index contributed by atoms with van der Waals surface area (Å²) in [6.45, 7) is 9.89. The van der Waals surface area contributed by atoms with E-state index in [0.29, 0.717) is 42.9 Å². The molecule has 6 atom stereocenters. The van der Waals surface area contributed by atoms with Gasteiger partial charge in [0.2, 0.25) is 5.91 Å². The Hall–Kier alpha value is -2.33. The van der Waals surface area contributed by atoms with Crippen LogP contribution in [0.4, 0.5) is 4.79 Å². The third kappa shape index (κ3) is 10.9. The number of phenolic OH excluding ortho intramolecular Hbond substituents is 1. The Balaban J connectivity index is 0.977. The van der Waals surface area contributed by atoms with E-state index in [1.165, 1.54) is 0 Å². The number of fused-ring (bicyclic) bond motifs is 4. The molecular weight excluding hydrogens is 698 g/mol. The minimum Gasteiger partial charge on any atom is -0.508 e. The van der Waals surface area contributed by atoms with Crippen LogP contribution in [-0.2, 0) is 19.7 Å². The molecule has 1 aromatic rings. The summed E-state index contributed by atoms with van der Waals surface area (Å²) in [7, 11) is 0. The van der Waals surface area contributed by atoms with Gasteiger partial charge < -0.3 is 30.5 Å². The van der Waals surface area contributed by atoms with E-state index in [-0.39, 0.29) is 52.8 Å². The van der Waals surface area contributed by atoms with Gasteiger partial charge in [0.05, 0.1) is 18.7 Å². The molecule has 5 rings (SSSR count). The zero-order chi connectivity index (χ0) is 37.3. The van der Waals surface area contributed by atoms with Crippen LogP contribution in [0.25, 0.3) is 0 Å². The lowest BCUT2D eigenvalue weighted by molar-refractivity contribution is -0.146. The van der Waals surface area contributed by atoms with E-state index in [0.717, 1.165) is 118 Å². The number of esters is 1. The first-order valence-corrected chi connectivity index (χ1v) is 21.7. The van der Waals surface area contributed by atoms with E-state index in [4.69, 9.17) is 21.1 Å². The van der Waals surface area contributed by atoms with Crippen LogP contribution >= 0.6 is 23.4 Å². The van der Waals surface area contributed by atoms with E-state index in [1.54, 1.807) is 0 Å². The van der Waals surface area contributed by atoms with Gasteiger partial charge >= 0.3 is 12.0 Å². The second-order valence-corrected chi connectivity index (χ2v) is 18.6. The number of carbonyl (C=O) groups is 3. The Bertz CT molecular complexity index is 1370. The number of carbonyl (C=O) groups excluding carboxylic acids is 3. The standard InChI is InChI=1S/C41H64ClN3O6S/c1-40(2,19-11-5-6-12-20-42)28-23-32(46)37-29-22-27(17-18-30(29)41(3,4)51-33(37)24-28)25-50-36(48)16-8-7-13-21-43-35(47)15-10-9-14-34-38-31(26-52-34)44-39(49)45-38/h23-24,27,29-31,34,38,46H,5-22,25-26H2,1-4H3,(H,43,47)(H2,44,45,49)/t27-,29-,30-,31+,34+,38+/m1/s1. The van der Waals surface area contributed by atoms with E-state index < -0.39 is 0 Å². The summed E-state index contributed by atoms with van der Waals surface area (Å²) >= 11 is 7.77. The number of halogens is 1. The second-order valence-electron chi connectivity index (χ2n) is 17.0. The van der Waals surface area contributed by atoms with Gasteiger partial charge in [-0.2, -0.15) is 11.8 Å². The van der Waals surface area contributed by atoms with Gasteiger partial charge in [0, 0.05) is 47.8 Å². The first-order chi connectivity index (χ1) is 24.9. The molecule has 0 unspecified atom stereocenters. The van der Waals surface area contributed by atoms with Crippen molar-refractivity contribution in [1.29, 1.82) is 0 Å². The third-order valence-corrected chi connectivity index (χ3v) is 13.9. The highest BCUT2D eigenvalue weighted by Gasteiger charge is 2.48. The van der Waals surface area contributed by atoms with Crippen LogP contribution in [0, 0.1) is 11.8 Å². The van der Waals surface area contributed by atoms with Crippen LogP contribution in [0.5, 0.6) is 11.5 Å². The average Bonchev–Trinajstić information content (AvgIpc) is 3.65. The number of aromatic hydroxyl groups is 1. The number of benzene rings is 1. The highest BCUT2D eigenvalue weighted by atomic mass is 35.5. The Morgan fingerprint density at radius 2 is 1.81 bits per heavy atom. The first kappa shape index (κ1) is 40.8. The second kappa shape index (κ2) is 18.8. The quantitative estimate of drug-likeness (QED) is 0.0455. The maximum atomic E-state index is 12.7. The summed E-state index contributed by atoms with van der Waals surface area (Å²) in [4.78, 5) is 36.5. The minimum atomic E-state index is -0.345. The van der Waals surface area contributed by atoms with Gasteiger partial charge in [-0.25, -0.2) is 4.79 Å². The molecule has 292 valence electrons. The highest BCUT2D eigenvalue weighted by Crippen LogP contribution is 2.56. The number of rotatable bonds is 20. The SMILES string of the molecule is CC(C)(CCCCCCCl)c1cc(O)c2c(c1)OC(C)(C)[C@@H]1CC[C@@H](COC(=O)CCCCCNC(=O)CCCC[C@@H]3SC[C@@H]4NC(=O)N[C@@H]43)C[C@@H]21. The molecule has 0 spiro atoms. The van der Waals surface area contributed by atoms with Gasteiger partial charge in [-0.1, -0.05) is 46.0 Å². The number of ether oxygens (including phenoxy) is 2. The molecule has 0 aromatic heterocycles. The Morgan fingerprint density at radius 3 is 2.62 bits per heavy atom. The molecule has 4 N–H and O–H groups in total. The minimum absolute atomic E-state index is 0.0582. The van der Waals surface area contributed by atoms with Crippen LogP contribution in [-0.4, -0.2) is 70.7 Å². The summed E-state index contributed by atoms with van der Waals surface area (Å²) < 4.78 is 12.4. The number of amides is 3. The summed E-state index contributed by atoms with van der Waals surface area (Å²) in [6, 6.07) is 4.54. The number of hydrogen-bond donors (Lipinski definition) is 4. The molecule has 1 aliphatic carbocycles. The van der Waals surface area contributed by atoms with Crippen LogP contribution in [0.15, 0.2) is 12.1 Å². The van der Waals surface area contributed by atoms with Crippen LogP contribution in [0.1, 0.15) is 147 Å². The van der Waals surface area contributed by atoms with Gasteiger partial charge in [0.15, 0.2) is 0 Å². The fourth-order valence-corrected chi connectivity index (χ4v) is 10.7. The normalized spacial score (nSPS) is 26.0. The molecule has 2 saturated heterocycles. The topological polar surface area (TPSA) is 126 Å². The Labute approximate surface area is 321 Å². The lowest BCUT2D eigenvalue weighted by Gasteiger charge is -2.49. The summed E-state index contributed by atoms with van der Waals surface area (Å²) in [6.07, 6.45) is 14.6. The lowest BCUT2D eigenvalue weighted by Crippen LogP contribution is -2.47. The van der Waals surface area contributed by atoms with Gasteiger partial charge in [0.1, 0.15) is 17.1 Å². The fraction of sp³-hybridized carbons (Fsp3) is 0.780. The zero-order valence-corrected chi connectivity index (χ0v) is 33.6. The number of nitrogens with one attached hydrogen (secondary N) is 3. The van der Waals surface area contributed by atoms with E-state index in [1.807, 2.05) is 17.8 Å². The van der Waals surface area contributed by atoms with Crippen molar-refractivity contribution in [2.24, 2.45) is 11.8 Å². The van der Waals surface area contributed by atoms with E-state index in [9.17, 15) is 19.5 Å². The van der Waals surface area contributed by atoms with Crippen LogP contribution < -0.4 is 20.7 Å². The van der Waals surface area contributed by atoms with Gasteiger partial charge in [-0.15, -0.1) is 11.6 Å². The van der Waals surface area contributed by atoms with Crippen molar-refractivity contribution in [1.82, 2.24) is 16.0 Å². The van der Waals surface area contributed by atoms with Crippen molar-refractivity contribution in [3.8, 4) is 11.5 Å². The molecule has 3 aliphatic heterocycles. The van der Waals surface area contributed by atoms with Crippen molar-refractivity contribution < 1.29 is 29.0 Å². The third-order valence-electron chi connectivity index (χ3n) is 12.1. The number of phenols is 1. The zero-order valence-electron chi connectivity index (χ0n) is 32.0. The fourth-order valence-electron chi connectivity index (χ4n) is 8.98. The monoisotopic (exact) mass is 761 g/mol. The smallest absolute Gasteiger partial charge is 0.315 e. The summed E-state index contributed by atoms with van der Waals surface area (Å²) in [5.74, 6) is 3.44. The van der Waals surface area contributed by atoms with Crippen LogP contribution in [0.2, 0.25) is 0 Å². The molecule has 4 aliphatic rings. The van der Waals surface area contributed by atoms with Gasteiger partial charge in [0.25, 0.3) is 0 Å². The molecule has 11 heteroatoms. The van der Waals surface area contributed by atoms with Crippen molar-refractivity contribution in [3.63, 3.8) is 0 Å². The molecule has 1 aromatic carbocycles. The maximum Gasteiger partial charge on any atom is 0.315 e. The molecule has 52 heavy (non-hydrogen) atoms. The predicted molar refractivity (Wildman–Crippen MR) is 210 cm³/mol. The number of urea groups is 1. The number of thioether (sulfide) groups is 1. The molecule has 9 nitrogen and oxygen atoms in total. The molecule has 3 fully saturated rings.